The first-order chi connectivity index (χ1) is 11.0. The standard InChI is InChI=1S/C17H22N4O2/c1-12(22)13-3-4-14(10-18)16(9-13)20-15-5-7-21(8-6-15)11-17(23)19-2/h3-4,9,15,20H,5-8,11H2,1-2H3,(H,19,23). The first-order valence-corrected chi connectivity index (χ1v) is 7.78. The molecule has 1 aromatic rings. The summed E-state index contributed by atoms with van der Waals surface area (Å²) in [4.78, 5) is 25.0. The van der Waals surface area contributed by atoms with E-state index in [4.69, 9.17) is 0 Å². The van der Waals surface area contributed by atoms with Crippen LogP contribution in [0.5, 0.6) is 0 Å². The van der Waals surface area contributed by atoms with Gasteiger partial charge in [0.05, 0.1) is 17.8 Å². The Labute approximate surface area is 136 Å². The number of benzene rings is 1. The lowest BCUT2D eigenvalue weighted by Crippen LogP contribution is -2.43. The number of anilines is 1. The molecule has 0 unspecified atom stereocenters. The number of piperidine rings is 1. The lowest BCUT2D eigenvalue weighted by atomic mass is 10.0. The highest BCUT2D eigenvalue weighted by atomic mass is 16.2. The van der Waals surface area contributed by atoms with Crippen LogP contribution in [0.4, 0.5) is 5.69 Å². The number of rotatable bonds is 5. The third-order valence-corrected chi connectivity index (χ3v) is 4.14. The maximum atomic E-state index is 11.5. The maximum Gasteiger partial charge on any atom is 0.233 e. The van der Waals surface area contributed by atoms with Crippen LogP contribution in [-0.2, 0) is 4.79 Å². The topological polar surface area (TPSA) is 85.2 Å². The van der Waals surface area contributed by atoms with Gasteiger partial charge in [-0.05, 0) is 38.0 Å². The monoisotopic (exact) mass is 314 g/mol. The number of nitrogens with one attached hydrogen (secondary N) is 2. The highest BCUT2D eigenvalue weighted by Gasteiger charge is 2.21. The average Bonchev–Trinajstić information content (AvgIpc) is 2.56. The number of carbonyl (C=O) groups is 2. The van der Waals surface area contributed by atoms with E-state index in [-0.39, 0.29) is 17.7 Å². The predicted octanol–water partition coefficient (Wildman–Crippen LogP) is 1.38. The molecule has 1 aromatic carbocycles. The van der Waals surface area contributed by atoms with Gasteiger partial charge >= 0.3 is 0 Å². The molecule has 0 radical (unpaired) electrons. The van der Waals surface area contributed by atoms with Crippen molar-refractivity contribution in [3.05, 3.63) is 29.3 Å². The zero-order valence-electron chi connectivity index (χ0n) is 13.6. The quantitative estimate of drug-likeness (QED) is 0.802. The summed E-state index contributed by atoms with van der Waals surface area (Å²) in [6, 6.07) is 7.50. The Morgan fingerprint density at radius 3 is 2.61 bits per heavy atom. The van der Waals surface area contributed by atoms with E-state index in [9.17, 15) is 14.9 Å². The number of amides is 1. The molecule has 122 valence electrons. The molecule has 0 bridgehead atoms. The molecule has 1 aliphatic heterocycles. The van der Waals surface area contributed by atoms with Gasteiger partial charge in [0, 0.05) is 31.7 Å². The second kappa shape index (κ2) is 7.75. The van der Waals surface area contributed by atoms with Gasteiger partial charge in [0.1, 0.15) is 6.07 Å². The fraction of sp³-hybridized carbons (Fsp3) is 0.471. The Hall–Kier alpha value is -2.39. The summed E-state index contributed by atoms with van der Waals surface area (Å²) in [6.07, 6.45) is 1.79. The Bertz CT molecular complexity index is 628. The van der Waals surface area contributed by atoms with Crippen LogP contribution in [0, 0.1) is 11.3 Å². The average molecular weight is 314 g/mol. The Balaban J connectivity index is 1.98. The molecule has 23 heavy (non-hydrogen) atoms. The summed E-state index contributed by atoms with van der Waals surface area (Å²) < 4.78 is 0. The van der Waals surface area contributed by atoms with Crippen LogP contribution in [0.1, 0.15) is 35.7 Å². The highest BCUT2D eigenvalue weighted by molar-refractivity contribution is 5.95. The summed E-state index contributed by atoms with van der Waals surface area (Å²) in [5.41, 5.74) is 1.86. The smallest absolute Gasteiger partial charge is 0.233 e. The van der Waals surface area contributed by atoms with Crippen LogP contribution in [0.2, 0.25) is 0 Å². The van der Waals surface area contributed by atoms with Gasteiger partial charge in [0.25, 0.3) is 0 Å². The second-order valence-electron chi connectivity index (χ2n) is 5.80. The largest absolute Gasteiger partial charge is 0.381 e. The summed E-state index contributed by atoms with van der Waals surface area (Å²) in [5.74, 6) is 0.00951. The summed E-state index contributed by atoms with van der Waals surface area (Å²) in [7, 11) is 1.64. The highest BCUT2D eigenvalue weighted by Crippen LogP contribution is 2.22. The molecule has 0 saturated carbocycles. The van der Waals surface area contributed by atoms with Gasteiger partial charge in [0.15, 0.2) is 5.78 Å². The molecule has 0 atom stereocenters. The van der Waals surface area contributed by atoms with Crippen LogP contribution >= 0.6 is 0 Å². The van der Waals surface area contributed by atoms with E-state index in [1.54, 1.807) is 25.2 Å². The summed E-state index contributed by atoms with van der Waals surface area (Å²) in [5, 5.41) is 15.2. The summed E-state index contributed by atoms with van der Waals surface area (Å²) >= 11 is 0. The molecule has 1 amide bonds. The molecule has 2 rings (SSSR count). The van der Waals surface area contributed by atoms with E-state index in [0.717, 1.165) is 25.9 Å². The number of likely N-dealkylation sites (tertiary alicyclic amines) is 1. The van der Waals surface area contributed by atoms with Crippen molar-refractivity contribution in [3.8, 4) is 6.07 Å². The van der Waals surface area contributed by atoms with Gasteiger partial charge in [-0.1, -0.05) is 0 Å². The fourth-order valence-electron chi connectivity index (χ4n) is 2.72. The molecular formula is C17H22N4O2. The van der Waals surface area contributed by atoms with Crippen LogP contribution in [0.25, 0.3) is 0 Å². The number of hydrogen-bond donors (Lipinski definition) is 2. The van der Waals surface area contributed by atoms with Gasteiger partial charge in [0.2, 0.25) is 5.91 Å². The van der Waals surface area contributed by atoms with E-state index in [0.29, 0.717) is 23.4 Å². The minimum absolute atomic E-state index is 0.0158. The maximum absolute atomic E-state index is 11.5. The number of likely N-dealkylation sites (N-methyl/N-ethyl adjacent to an activating group) is 1. The molecule has 6 nitrogen and oxygen atoms in total. The van der Waals surface area contributed by atoms with Crippen molar-refractivity contribution in [1.29, 1.82) is 5.26 Å². The number of nitrogens with zero attached hydrogens (tertiary/aromatic N) is 2. The number of carbonyl (C=O) groups excluding carboxylic acids is 2. The molecule has 6 heteroatoms. The van der Waals surface area contributed by atoms with Crippen molar-refractivity contribution in [2.24, 2.45) is 0 Å². The zero-order chi connectivity index (χ0) is 16.8. The molecule has 1 aliphatic rings. The van der Waals surface area contributed by atoms with E-state index >= 15 is 0 Å². The zero-order valence-corrected chi connectivity index (χ0v) is 13.6. The Morgan fingerprint density at radius 2 is 2.04 bits per heavy atom. The normalized spacial score (nSPS) is 15.7. The minimum Gasteiger partial charge on any atom is -0.381 e. The molecule has 0 aliphatic carbocycles. The number of hydrogen-bond acceptors (Lipinski definition) is 5. The molecule has 1 fully saturated rings. The van der Waals surface area contributed by atoms with Crippen LogP contribution in [0.15, 0.2) is 18.2 Å². The van der Waals surface area contributed by atoms with E-state index in [1.807, 2.05) is 0 Å². The van der Waals surface area contributed by atoms with Gasteiger partial charge in [-0.15, -0.1) is 0 Å². The summed E-state index contributed by atoms with van der Waals surface area (Å²) in [6.45, 7) is 3.60. The van der Waals surface area contributed by atoms with Crippen molar-refractivity contribution < 1.29 is 9.59 Å². The third kappa shape index (κ3) is 4.54. The van der Waals surface area contributed by atoms with Crippen molar-refractivity contribution >= 4 is 17.4 Å². The minimum atomic E-state index is -0.0158. The lowest BCUT2D eigenvalue weighted by molar-refractivity contribution is -0.122. The van der Waals surface area contributed by atoms with Gasteiger partial charge in [-0.25, -0.2) is 0 Å². The Morgan fingerprint density at radius 1 is 1.35 bits per heavy atom. The number of Topliss-reactive ketones (excluding diaryl/α,β-unsaturated/α-hetero) is 1. The first kappa shape index (κ1) is 17.0. The van der Waals surface area contributed by atoms with Gasteiger partial charge in [-0.3, -0.25) is 14.5 Å². The first-order valence-electron chi connectivity index (χ1n) is 7.78. The molecule has 1 heterocycles. The third-order valence-electron chi connectivity index (χ3n) is 4.14. The molecule has 0 aromatic heterocycles. The predicted molar refractivity (Wildman–Crippen MR) is 88.3 cm³/mol. The van der Waals surface area contributed by atoms with Crippen molar-refractivity contribution in [1.82, 2.24) is 10.2 Å². The van der Waals surface area contributed by atoms with E-state index in [2.05, 4.69) is 21.6 Å². The van der Waals surface area contributed by atoms with Crippen LogP contribution in [0.3, 0.4) is 0 Å². The van der Waals surface area contributed by atoms with Crippen LogP contribution in [-0.4, -0.2) is 49.3 Å². The number of ketones is 1. The second-order valence-corrected chi connectivity index (χ2v) is 5.80. The van der Waals surface area contributed by atoms with Gasteiger partial charge in [-0.2, -0.15) is 5.26 Å². The van der Waals surface area contributed by atoms with Crippen molar-refractivity contribution in [3.63, 3.8) is 0 Å². The van der Waals surface area contributed by atoms with E-state index in [1.165, 1.54) is 6.92 Å². The van der Waals surface area contributed by atoms with E-state index < -0.39 is 0 Å². The fourth-order valence-corrected chi connectivity index (χ4v) is 2.72. The molecular weight excluding hydrogens is 292 g/mol. The SMILES string of the molecule is CNC(=O)CN1CCC(Nc2cc(C(C)=O)ccc2C#N)CC1. The molecule has 1 saturated heterocycles. The molecule has 0 spiro atoms. The molecule has 2 N–H and O–H groups in total. The Kier molecular flexibility index (Phi) is 5.72. The van der Waals surface area contributed by atoms with Crippen molar-refractivity contribution in [2.75, 3.05) is 32.0 Å². The van der Waals surface area contributed by atoms with Gasteiger partial charge < -0.3 is 10.6 Å². The lowest BCUT2D eigenvalue weighted by Gasteiger charge is -2.32. The van der Waals surface area contributed by atoms with Crippen molar-refractivity contribution in [2.45, 2.75) is 25.8 Å². The van der Waals surface area contributed by atoms with Crippen LogP contribution < -0.4 is 10.6 Å². The number of nitriles is 1.